The van der Waals surface area contributed by atoms with Crippen molar-refractivity contribution in [3.63, 3.8) is 0 Å². The molecule has 1 rings (SSSR count). The third-order valence-electron chi connectivity index (χ3n) is 2.89. The van der Waals surface area contributed by atoms with Gasteiger partial charge in [0, 0.05) is 25.7 Å². The maximum absolute atomic E-state index is 11.5. The van der Waals surface area contributed by atoms with Crippen molar-refractivity contribution in [1.82, 2.24) is 10.2 Å². The lowest BCUT2D eigenvalue weighted by Crippen LogP contribution is -2.25. The Morgan fingerprint density at radius 1 is 1.44 bits per heavy atom. The van der Waals surface area contributed by atoms with Gasteiger partial charge in [-0.2, -0.15) is 0 Å². The average molecular weight is 250 g/mol. The molecule has 1 aromatic rings. The van der Waals surface area contributed by atoms with Crippen molar-refractivity contribution in [3.05, 3.63) is 23.8 Å². The number of hydrogen-bond acceptors (Lipinski definition) is 4. The Balaban J connectivity index is 2.66. The predicted octanol–water partition coefficient (Wildman–Crippen LogP) is 0.992. The van der Waals surface area contributed by atoms with Gasteiger partial charge in [0.05, 0.1) is 11.4 Å². The summed E-state index contributed by atoms with van der Waals surface area (Å²) in [6, 6.07) is 5.24. The lowest BCUT2D eigenvalue weighted by molar-refractivity contribution is 0.0963. The monoisotopic (exact) mass is 250 g/mol. The fraction of sp³-hybridized carbons (Fsp3) is 0.462. The van der Waals surface area contributed by atoms with Crippen molar-refractivity contribution in [2.24, 2.45) is 0 Å². The van der Waals surface area contributed by atoms with Crippen LogP contribution in [-0.2, 0) is 0 Å². The van der Waals surface area contributed by atoms with Crippen molar-refractivity contribution in [2.75, 3.05) is 44.8 Å². The summed E-state index contributed by atoms with van der Waals surface area (Å²) in [5.74, 6) is -0.108. The molecule has 1 aromatic carbocycles. The number of nitrogens with two attached hydrogens (primary N) is 1. The second-order valence-electron chi connectivity index (χ2n) is 4.20. The van der Waals surface area contributed by atoms with Crippen LogP contribution >= 0.6 is 0 Å². The third-order valence-corrected chi connectivity index (χ3v) is 2.89. The van der Waals surface area contributed by atoms with Crippen molar-refractivity contribution < 1.29 is 4.79 Å². The van der Waals surface area contributed by atoms with E-state index in [1.54, 1.807) is 25.2 Å². The molecule has 0 atom stereocenters. The van der Waals surface area contributed by atoms with E-state index in [-0.39, 0.29) is 5.91 Å². The Hall–Kier alpha value is -1.75. The van der Waals surface area contributed by atoms with E-state index in [1.165, 1.54) is 0 Å². The molecule has 5 heteroatoms. The maximum Gasteiger partial charge on any atom is 0.251 e. The van der Waals surface area contributed by atoms with Gasteiger partial charge in [0.15, 0.2) is 0 Å². The van der Waals surface area contributed by atoms with Crippen molar-refractivity contribution in [2.45, 2.75) is 6.92 Å². The van der Waals surface area contributed by atoms with E-state index in [0.29, 0.717) is 11.3 Å². The van der Waals surface area contributed by atoms with Gasteiger partial charge in [0.1, 0.15) is 0 Å². The zero-order chi connectivity index (χ0) is 13.5. The number of hydrogen-bond donors (Lipinski definition) is 3. The number of nitrogen functional groups attached to an aromatic ring is 1. The van der Waals surface area contributed by atoms with E-state index in [9.17, 15) is 4.79 Å². The highest BCUT2D eigenvalue weighted by molar-refractivity contribution is 5.96. The van der Waals surface area contributed by atoms with Crippen LogP contribution < -0.4 is 16.4 Å². The van der Waals surface area contributed by atoms with Crippen LogP contribution in [0.15, 0.2) is 18.2 Å². The fourth-order valence-corrected chi connectivity index (χ4v) is 1.53. The van der Waals surface area contributed by atoms with Gasteiger partial charge in [-0.25, -0.2) is 0 Å². The molecule has 0 radical (unpaired) electrons. The van der Waals surface area contributed by atoms with Gasteiger partial charge in [-0.15, -0.1) is 0 Å². The summed E-state index contributed by atoms with van der Waals surface area (Å²) in [6.45, 7) is 4.85. The molecule has 0 aromatic heterocycles. The number of amides is 1. The number of likely N-dealkylation sites (N-methyl/N-ethyl adjacent to an activating group) is 1. The van der Waals surface area contributed by atoms with Gasteiger partial charge in [-0.05, 0) is 31.8 Å². The van der Waals surface area contributed by atoms with Gasteiger partial charge in [0.2, 0.25) is 0 Å². The maximum atomic E-state index is 11.5. The molecule has 0 bridgehead atoms. The molecular weight excluding hydrogens is 228 g/mol. The normalized spacial score (nSPS) is 10.4. The van der Waals surface area contributed by atoms with Gasteiger partial charge in [-0.3, -0.25) is 4.79 Å². The predicted molar refractivity (Wildman–Crippen MR) is 75.9 cm³/mol. The Morgan fingerprint density at radius 3 is 2.78 bits per heavy atom. The minimum absolute atomic E-state index is 0.108. The summed E-state index contributed by atoms with van der Waals surface area (Å²) >= 11 is 0. The van der Waals surface area contributed by atoms with Crippen LogP contribution in [-0.4, -0.2) is 44.5 Å². The van der Waals surface area contributed by atoms with Crippen LogP contribution in [0.25, 0.3) is 0 Å². The van der Waals surface area contributed by atoms with E-state index >= 15 is 0 Å². The second kappa shape index (κ2) is 6.86. The number of carbonyl (C=O) groups excluding carboxylic acids is 1. The number of rotatable bonds is 6. The topological polar surface area (TPSA) is 70.4 Å². The van der Waals surface area contributed by atoms with Gasteiger partial charge in [0.25, 0.3) is 5.91 Å². The minimum atomic E-state index is -0.108. The summed E-state index contributed by atoms with van der Waals surface area (Å²) in [7, 11) is 3.67. The number of benzene rings is 1. The first kappa shape index (κ1) is 14.3. The molecule has 0 aliphatic rings. The largest absolute Gasteiger partial charge is 0.397 e. The van der Waals surface area contributed by atoms with Gasteiger partial charge in [-0.1, -0.05) is 6.92 Å². The van der Waals surface area contributed by atoms with Crippen LogP contribution in [0.1, 0.15) is 17.3 Å². The van der Waals surface area contributed by atoms with Crippen molar-refractivity contribution in [1.29, 1.82) is 0 Å². The zero-order valence-corrected chi connectivity index (χ0v) is 11.3. The highest BCUT2D eigenvalue weighted by atomic mass is 16.1. The van der Waals surface area contributed by atoms with E-state index in [1.807, 2.05) is 0 Å². The number of anilines is 2. The zero-order valence-electron chi connectivity index (χ0n) is 11.3. The molecule has 0 spiro atoms. The van der Waals surface area contributed by atoms with E-state index in [2.05, 4.69) is 29.5 Å². The van der Waals surface area contributed by atoms with Crippen LogP contribution in [0.4, 0.5) is 11.4 Å². The smallest absolute Gasteiger partial charge is 0.251 e. The summed E-state index contributed by atoms with van der Waals surface area (Å²) in [5, 5.41) is 5.85. The molecule has 0 unspecified atom stereocenters. The molecule has 0 aliphatic carbocycles. The Kier molecular flexibility index (Phi) is 5.45. The number of nitrogens with one attached hydrogen (secondary N) is 2. The quantitative estimate of drug-likeness (QED) is 0.659. The molecule has 0 heterocycles. The van der Waals surface area contributed by atoms with Crippen molar-refractivity contribution in [3.8, 4) is 0 Å². The lowest BCUT2D eigenvalue weighted by Gasteiger charge is -2.16. The molecule has 0 aliphatic heterocycles. The van der Waals surface area contributed by atoms with Crippen molar-refractivity contribution >= 4 is 17.3 Å². The SMILES string of the molecule is CCN(C)CCNc1cc(C(=O)NC)ccc1N. The summed E-state index contributed by atoms with van der Waals surface area (Å²) in [6.07, 6.45) is 0. The molecule has 18 heavy (non-hydrogen) atoms. The molecular formula is C13H22N4O. The highest BCUT2D eigenvalue weighted by Gasteiger charge is 2.06. The molecule has 0 saturated heterocycles. The molecule has 0 saturated carbocycles. The van der Waals surface area contributed by atoms with Crippen LogP contribution in [0.5, 0.6) is 0 Å². The molecule has 5 nitrogen and oxygen atoms in total. The Labute approximate surface area is 108 Å². The molecule has 100 valence electrons. The highest BCUT2D eigenvalue weighted by Crippen LogP contribution is 2.19. The molecule has 1 amide bonds. The Morgan fingerprint density at radius 2 is 2.17 bits per heavy atom. The molecule has 4 N–H and O–H groups in total. The van der Waals surface area contributed by atoms with Gasteiger partial charge < -0.3 is 21.3 Å². The average Bonchev–Trinajstić information content (AvgIpc) is 2.39. The first-order chi connectivity index (χ1) is 8.58. The summed E-state index contributed by atoms with van der Waals surface area (Å²) in [5.41, 5.74) is 7.94. The number of carbonyl (C=O) groups is 1. The van der Waals surface area contributed by atoms with Gasteiger partial charge >= 0.3 is 0 Å². The summed E-state index contributed by atoms with van der Waals surface area (Å²) in [4.78, 5) is 13.7. The molecule has 0 fully saturated rings. The van der Waals surface area contributed by atoms with E-state index in [4.69, 9.17) is 5.73 Å². The number of nitrogens with zero attached hydrogens (tertiary/aromatic N) is 1. The lowest BCUT2D eigenvalue weighted by atomic mass is 10.1. The third kappa shape index (κ3) is 3.92. The fourth-order valence-electron chi connectivity index (χ4n) is 1.53. The van der Waals surface area contributed by atoms with E-state index in [0.717, 1.165) is 25.3 Å². The van der Waals surface area contributed by atoms with Crippen LogP contribution in [0.2, 0.25) is 0 Å². The van der Waals surface area contributed by atoms with E-state index < -0.39 is 0 Å². The minimum Gasteiger partial charge on any atom is -0.397 e. The summed E-state index contributed by atoms with van der Waals surface area (Å²) < 4.78 is 0. The second-order valence-corrected chi connectivity index (χ2v) is 4.20. The Bertz CT molecular complexity index is 406. The van der Waals surface area contributed by atoms with Crippen LogP contribution in [0.3, 0.4) is 0 Å². The first-order valence-electron chi connectivity index (χ1n) is 6.12. The van der Waals surface area contributed by atoms with Crippen LogP contribution in [0, 0.1) is 0 Å². The first-order valence-corrected chi connectivity index (χ1v) is 6.12. The standard InChI is InChI=1S/C13H22N4O/c1-4-17(3)8-7-16-12-9-10(13(18)15-2)5-6-11(12)14/h5-6,9,16H,4,7-8,14H2,1-3H3,(H,15,18).